The van der Waals surface area contributed by atoms with Gasteiger partial charge < -0.3 is 4.52 Å². The summed E-state index contributed by atoms with van der Waals surface area (Å²) in [5.41, 5.74) is 0. The summed E-state index contributed by atoms with van der Waals surface area (Å²) < 4.78 is 15.4. The van der Waals surface area contributed by atoms with Crippen LogP contribution in [0.1, 0.15) is 0 Å². The molecule has 0 aliphatic heterocycles. The molecule has 0 saturated carbocycles. The highest BCUT2D eigenvalue weighted by atomic mass is 79.9. The lowest BCUT2D eigenvalue weighted by Gasteiger charge is -2.05. The molecule has 1 aromatic rings. The van der Waals surface area contributed by atoms with Crippen LogP contribution < -0.4 is 4.52 Å². The van der Waals surface area contributed by atoms with Gasteiger partial charge in [0, 0.05) is 4.47 Å². The lowest BCUT2D eigenvalue weighted by atomic mass is 10.3. The molecule has 0 spiro atoms. The third-order valence-corrected chi connectivity index (χ3v) is 1.96. The number of rotatable bonds is 2. The van der Waals surface area contributed by atoms with E-state index >= 15 is 0 Å². The molecule has 0 radical (unpaired) electrons. The molecule has 0 bridgehead atoms. The minimum atomic E-state index is -4.43. The first kappa shape index (κ1) is 9.74. The van der Waals surface area contributed by atoms with E-state index in [1.807, 2.05) is 0 Å². The van der Waals surface area contributed by atoms with Gasteiger partial charge in [0.15, 0.2) is 0 Å². The standard InChI is InChI=1S/C6H6BrO4P/c7-5-2-1-3-6(4-5)11-12(8,9)10/h1-4H,(H2,8,9,10). The van der Waals surface area contributed by atoms with Gasteiger partial charge in [0.25, 0.3) is 0 Å². The Morgan fingerprint density at radius 2 is 2.08 bits per heavy atom. The van der Waals surface area contributed by atoms with Crippen LogP contribution in [0.25, 0.3) is 0 Å². The molecule has 0 unspecified atom stereocenters. The third-order valence-electron chi connectivity index (χ3n) is 1.02. The average molecular weight is 253 g/mol. The zero-order valence-electron chi connectivity index (χ0n) is 5.85. The van der Waals surface area contributed by atoms with Gasteiger partial charge in [-0.2, -0.15) is 0 Å². The number of phosphoric acid groups is 1. The number of hydrogen-bond acceptors (Lipinski definition) is 2. The highest BCUT2D eigenvalue weighted by Gasteiger charge is 2.15. The summed E-state index contributed by atoms with van der Waals surface area (Å²) in [4.78, 5) is 16.9. The molecule has 0 aromatic heterocycles. The number of phosphoric ester groups is 1. The van der Waals surface area contributed by atoms with E-state index in [2.05, 4.69) is 20.5 Å². The summed E-state index contributed by atoms with van der Waals surface area (Å²) in [6.45, 7) is 0. The van der Waals surface area contributed by atoms with E-state index in [0.717, 1.165) is 0 Å². The predicted molar refractivity (Wildman–Crippen MR) is 46.8 cm³/mol. The molecule has 0 atom stereocenters. The van der Waals surface area contributed by atoms with E-state index in [0.29, 0.717) is 4.47 Å². The van der Waals surface area contributed by atoms with Crippen LogP contribution in [0.5, 0.6) is 5.75 Å². The van der Waals surface area contributed by atoms with Crippen molar-refractivity contribution < 1.29 is 18.9 Å². The molecule has 0 amide bonds. The fraction of sp³-hybridized carbons (Fsp3) is 0. The molecule has 66 valence electrons. The maximum Gasteiger partial charge on any atom is 0.524 e. The molecule has 6 heteroatoms. The lowest BCUT2D eigenvalue weighted by molar-refractivity contribution is 0.283. The van der Waals surface area contributed by atoms with Gasteiger partial charge in [-0.05, 0) is 18.2 Å². The number of benzene rings is 1. The van der Waals surface area contributed by atoms with Crippen molar-refractivity contribution in [3.05, 3.63) is 28.7 Å². The van der Waals surface area contributed by atoms with Gasteiger partial charge in [-0.25, -0.2) is 4.57 Å². The van der Waals surface area contributed by atoms with Crippen LogP contribution in [0.4, 0.5) is 0 Å². The van der Waals surface area contributed by atoms with Gasteiger partial charge in [-0.1, -0.05) is 22.0 Å². The summed E-state index contributed by atoms with van der Waals surface area (Å²) in [6, 6.07) is 6.28. The molecule has 4 nitrogen and oxygen atoms in total. The first-order chi connectivity index (χ1) is 5.47. The van der Waals surface area contributed by atoms with Crippen molar-refractivity contribution in [2.75, 3.05) is 0 Å². The largest absolute Gasteiger partial charge is 0.524 e. The lowest BCUT2D eigenvalue weighted by Crippen LogP contribution is -1.89. The summed E-state index contributed by atoms with van der Waals surface area (Å²) in [6.07, 6.45) is 0. The van der Waals surface area contributed by atoms with E-state index in [9.17, 15) is 4.57 Å². The van der Waals surface area contributed by atoms with E-state index in [-0.39, 0.29) is 5.75 Å². The van der Waals surface area contributed by atoms with Crippen LogP contribution >= 0.6 is 23.8 Å². The van der Waals surface area contributed by atoms with E-state index < -0.39 is 7.82 Å². The van der Waals surface area contributed by atoms with Gasteiger partial charge in [-0.3, -0.25) is 9.79 Å². The van der Waals surface area contributed by atoms with Crippen LogP contribution in [-0.4, -0.2) is 9.79 Å². The summed E-state index contributed by atoms with van der Waals surface area (Å²) in [5, 5.41) is 0. The Kier molecular flexibility index (Phi) is 2.90. The second-order valence-corrected chi connectivity index (χ2v) is 4.12. The predicted octanol–water partition coefficient (Wildman–Crippen LogP) is 1.92. The molecule has 0 heterocycles. The Morgan fingerprint density at radius 3 is 2.58 bits per heavy atom. The summed E-state index contributed by atoms with van der Waals surface area (Å²) in [7, 11) is -4.43. The van der Waals surface area contributed by atoms with Crippen molar-refractivity contribution in [2.24, 2.45) is 0 Å². The van der Waals surface area contributed by atoms with E-state index in [1.54, 1.807) is 12.1 Å². The molecule has 1 rings (SSSR count). The van der Waals surface area contributed by atoms with Gasteiger partial charge in [0.2, 0.25) is 0 Å². The second-order valence-electron chi connectivity index (χ2n) is 2.04. The number of halogens is 1. The SMILES string of the molecule is O=P(O)(O)Oc1cccc(Br)c1. The van der Waals surface area contributed by atoms with Crippen LogP contribution in [0, 0.1) is 0 Å². The highest BCUT2D eigenvalue weighted by Crippen LogP contribution is 2.37. The zero-order chi connectivity index (χ0) is 9.19. The van der Waals surface area contributed by atoms with Gasteiger partial charge in [-0.15, -0.1) is 0 Å². The van der Waals surface area contributed by atoms with Crippen molar-refractivity contribution in [2.45, 2.75) is 0 Å². The first-order valence-corrected chi connectivity index (χ1v) is 5.30. The van der Waals surface area contributed by atoms with Crippen molar-refractivity contribution >= 4 is 23.8 Å². The van der Waals surface area contributed by atoms with E-state index in [4.69, 9.17) is 9.79 Å². The van der Waals surface area contributed by atoms with Gasteiger partial charge in [0.05, 0.1) is 0 Å². The molecule has 2 N–H and O–H groups in total. The van der Waals surface area contributed by atoms with Gasteiger partial charge in [0.1, 0.15) is 5.75 Å². The normalized spacial score (nSPS) is 11.2. The zero-order valence-corrected chi connectivity index (χ0v) is 8.33. The van der Waals surface area contributed by atoms with Crippen LogP contribution in [0.3, 0.4) is 0 Å². The third kappa shape index (κ3) is 3.36. The van der Waals surface area contributed by atoms with Gasteiger partial charge >= 0.3 is 7.82 Å². The second kappa shape index (κ2) is 3.58. The van der Waals surface area contributed by atoms with Crippen LogP contribution in [0.2, 0.25) is 0 Å². The Balaban J connectivity index is 2.84. The molecule has 0 saturated heterocycles. The summed E-state index contributed by atoms with van der Waals surface area (Å²) in [5.74, 6) is 0.137. The minimum absolute atomic E-state index is 0.137. The fourth-order valence-corrected chi connectivity index (χ4v) is 1.43. The topological polar surface area (TPSA) is 66.8 Å². The van der Waals surface area contributed by atoms with Crippen LogP contribution in [0.15, 0.2) is 28.7 Å². The average Bonchev–Trinajstić information content (AvgIpc) is 1.82. The smallest absolute Gasteiger partial charge is 0.404 e. The van der Waals surface area contributed by atoms with E-state index in [1.165, 1.54) is 12.1 Å². The highest BCUT2D eigenvalue weighted by molar-refractivity contribution is 9.10. The Hall–Kier alpha value is -0.350. The minimum Gasteiger partial charge on any atom is -0.404 e. The molecular weight excluding hydrogens is 247 g/mol. The summed E-state index contributed by atoms with van der Waals surface area (Å²) >= 11 is 3.14. The molecule has 0 aliphatic rings. The molecule has 1 aromatic carbocycles. The first-order valence-electron chi connectivity index (χ1n) is 2.98. The van der Waals surface area contributed by atoms with Crippen molar-refractivity contribution in [3.63, 3.8) is 0 Å². The number of hydrogen-bond donors (Lipinski definition) is 2. The maximum atomic E-state index is 10.4. The Morgan fingerprint density at radius 1 is 1.42 bits per heavy atom. The molecule has 0 aliphatic carbocycles. The van der Waals surface area contributed by atoms with Crippen LogP contribution in [-0.2, 0) is 4.57 Å². The molecular formula is C6H6BrO4P. The monoisotopic (exact) mass is 252 g/mol. The van der Waals surface area contributed by atoms with Crippen molar-refractivity contribution in [1.29, 1.82) is 0 Å². The Labute approximate surface area is 77.6 Å². The Bertz CT molecular complexity index is 321. The van der Waals surface area contributed by atoms with Crippen molar-refractivity contribution in [1.82, 2.24) is 0 Å². The van der Waals surface area contributed by atoms with Crippen molar-refractivity contribution in [3.8, 4) is 5.75 Å². The fourth-order valence-electron chi connectivity index (χ4n) is 0.661. The maximum absolute atomic E-state index is 10.4. The molecule has 12 heavy (non-hydrogen) atoms. The quantitative estimate of drug-likeness (QED) is 0.790. The molecule has 0 fully saturated rings.